The lowest BCUT2D eigenvalue weighted by Gasteiger charge is -2.15. The van der Waals surface area contributed by atoms with Gasteiger partial charge >= 0.3 is 0 Å². The summed E-state index contributed by atoms with van der Waals surface area (Å²) in [6, 6.07) is 71.9. The van der Waals surface area contributed by atoms with Crippen LogP contribution >= 0.6 is 0 Å². The smallest absolute Gasteiger partial charge is 0.160 e. The molecule has 4 heteroatoms. The second kappa shape index (κ2) is 13.8. The van der Waals surface area contributed by atoms with Crippen molar-refractivity contribution in [2.24, 2.45) is 0 Å². The van der Waals surface area contributed by atoms with Crippen LogP contribution in [0.2, 0.25) is 0 Å². The molecule has 10 aromatic rings. The Morgan fingerprint density at radius 3 is 1.53 bits per heavy atom. The Kier molecular flexibility index (Phi) is 8.12. The van der Waals surface area contributed by atoms with E-state index in [1.807, 2.05) is 18.2 Å². The average molecular weight is 703 g/mol. The highest BCUT2D eigenvalue weighted by Gasteiger charge is 2.24. The molecule has 0 amide bonds. The van der Waals surface area contributed by atoms with E-state index in [2.05, 4.69) is 193 Å². The van der Waals surface area contributed by atoms with Crippen LogP contribution in [-0.4, -0.2) is 19.7 Å². The summed E-state index contributed by atoms with van der Waals surface area (Å²) in [6.45, 7) is 0. The van der Waals surface area contributed by atoms with Gasteiger partial charge in [-0.15, -0.1) is 0 Å². The van der Waals surface area contributed by atoms with Gasteiger partial charge in [0, 0.05) is 33.0 Å². The monoisotopic (exact) mass is 702 g/mol. The Labute approximate surface area is 319 Å². The van der Waals surface area contributed by atoms with Gasteiger partial charge in [-0.05, 0) is 51.9 Å². The molecule has 0 aliphatic carbocycles. The molecule has 0 saturated heterocycles. The van der Waals surface area contributed by atoms with Crippen molar-refractivity contribution in [3.63, 3.8) is 0 Å². The highest BCUT2D eigenvalue weighted by Crippen LogP contribution is 2.44. The Morgan fingerprint density at radius 2 is 0.873 bits per heavy atom. The molecular formula is C51H34N4. The van der Waals surface area contributed by atoms with Gasteiger partial charge in [0.15, 0.2) is 5.82 Å². The van der Waals surface area contributed by atoms with Gasteiger partial charge in [0.05, 0.1) is 22.6 Å². The van der Waals surface area contributed by atoms with Crippen molar-refractivity contribution in [2.75, 3.05) is 0 Å². The van der Waals surface area contributed by atoms with Crippen LogP contribution in [-0.2, 0) is 0 Å². The van der Waals surface area contributed by atoms with E-state index in [1.165, 1.54) is 5.56 Å². The van der Waals surface area contributed by atoms with Crippen molar-refractivity contribution >= 4 is 21.7 Å². The Bertz CT molecular complexity index is 2920. The number of benzene rings is 8. The summed E-state index contributed by atoms with van der Waals surface area (Å²) in [5, 5.41) is 8.73. The number of fused-ring (bicyclic) bond motifs is 3. The van der Waals surface area contributed by atoms with Gasteiger partial charge in [0.2, 0.25) is 0 Å². The van der Waals surface area contributed by atoms with Crippen LogP contribution in [0.1, 0.15) is 0 Å². The molecule has 0 radical (unpaired) electrons. The van der Waals surface area contributed by atoms with Crippen LogP contribution < -0.4 is 0 Å². The number of nitrogens with zero attached hydrogens (tertiary/aromatic N) is 4. The zero-order chi connectivity index (χ0) is 36.6. The van der Waals surface area contributed by atoms with Crippen LogP contribution in [0.25, 0.3) is 94.8 Å². The lowest BCUT2D eigenvalue weighted by atomic mass is 9.91. The van der Waals surface area contributed by atoms with E-state index in [9.17, 15) is 0 Å². The van der Waals surface area contributed by atoms with Crippen molar-refractivity contribution in [3.8, 4) is 73.1 Å². The highest BCUT2D eigenvalue weighted by molar-refractivity contribution is 6.21. The minimum Gasteiger partial charge on any atom is -0.232 e. The molecule has 0 N–H and O–H groups in total. The van der Waals surface area contributed by atoms with Crippen molar-refractivity contribution < 1.29 is 0 Å². The second-order valence-corrected chi connectivity index (χ2v) is 13.7. The molecule has 0 spiro atoms. The van der Waals surface area contributed by atoms with Gasteiger partial charge in [-0.25, -0.2) is 14.6 Å². The van der Waals surface area contributed by atoms with Crippen molar-refractivity contribution in [2.45, 2.75) is 0 Å². The fraction of sp³-hybridized carbons (Fsp3) is 0. The highest BCUT2D eigenvalue weighted by atomic mass is 15.3. The Balaban J connectivity index is 1.28. The number of para-hydroxylation sites is 1. The van der Waals surface area contributed by atoms with Gasteiger partial charge < -0.3 is 0 Å². The van der Waals surface area contributed by atoms with Crippen LogP contribution in [0.4, 0.5) is 0 Å². The topological polar surface area (TPSA) is 43.6 Å². The van der Waals surface area contributed by atoms with Crippen molar-refractivity contribution in [1.82, 2.24) is 19.7 Å². The van der Waals surface area contributed by atoms with E-state index in [0.717, 1.165) is 83.4 Å². The lowest BCUT2D eigenvalue weighted by Crippen LogP contribution is -1.99. The van der Waals surface area contributed by atoms with Crippen molar-refractivity contribution in [1.29, 1.82) is 0 Å². The van der Waals surface area contributed by atoms with Crippen LogP contribution in [0.5, 0.6) is 0 Å². The van der Waals surface area contributed by atoms with Gasteiger partial charge in [-0.1, -0.05) is 182 Å². The first-order valence-corrected chi connectivity index (χ1v) is 18.5. The summed E-state index contributed by atoms with van der Waals surface area (Å²) in [5.41, 5.74) is 13.3. The lowest BCUT2D eigenvalue weighted by molar-refractivity contribution is 0.918. The molecule has 2 aromatic heterocycles. The number of aromatic nitrogens is 4. The standard InChI is InChI=1S/C51H34N4/c1-6-17-35(18-7-1)36-29-31-40(32-30-36)51-52-45(38-21-10-3-11-22-38)34-46(53-51)43-28-16-25-41-33-44(37-19-8-2-9-20-37)48-49(39-23-12-4-13-24-39)54-55(50(48)47(41)43)42-26-14-5-15-27-42/h1-34H. The summed E-state index contributed by atoms with van der Waals surface area (Å²) >= 11 is 0. The third-order valence-electron chi connectivity index (χ3n) is 10.2. The summed E-state index contributed by atoms with van der Waals surface area (Å²) in [4.78, 5) is 10.5. The van der Waals surface area contributed by atoms with E-state index in [-0.39, 0.29) is 0 Å². The first-order chi connectivity index (χ1) is 27.3. The molecule has 0 atom stereocenters. The summed E-state index contributed by atoms with van der Waals surface area (Å²) in [5.74, 6) is 0.673. The maximum Gasteiger partial charge on any atom is 0.160 e. The maximum absolute atomic E-state index is 5.45. The zero-order valence-electron chi connectivity index (χ0n) is 29.9. The Morgan fingerprint density at radius 1 is 0.345 bits per heavy atom. The fourth-order valence-electron chi connectivity index (χ4n) is 7.61. The Hall–Kier alpha value is -7.43. The van der Waals surface area contributed by atoms with Crippen LogP contribution in [0.15, 0.2) is 206 Å². The largest absolute Gasteiger partial charge is 0.232 e. The molecule has 10 rings (SSSR count). The molecule has 258 valence electrons. The first kappa shape index (κ1) is 32.2. The maximum atomic E-state index is 5.45. The molecule has 0 aliphatic rings. The van der Waals surface area contributed by atoms with Gasteiger partial charge in [-0.2, -0.15) is 5.10 Å². The minimum absolute atomic E-state index is 0.673. The third kappa shape index (κ3) is 5.96. The average Bonchev–Trinajstić information content (AvgIpc) is 3.68. The minimum atomic E-state index is 0.673. The predicted octanol–water partition coefficient (Wildman–Crippen LogP) is 13.0. The third-order valence-corrected chi connectivity index (χ3v) is 10.2. The van der Waals surface area contributed by atoms with Gasteiger partial charge in [0.1, 0.15) is 5.69 Å². The van der Waals surface area contributed by atoms with E-state index < -0.39 is 0 Å². The van der Waals surface area contributed by atoms with Crippen LogP contribution in [0.3, 0.4) is 0 Å². The second-order valence-electron chi connectivity index (χ2n) is 13.7. The SMILES string of the molecule is c1ccc(-c2ccc(-c3nc(-c4ccccc4)cc(-c4cccc5cc(-c6ccccc6)c6c(-c7ccccc7)nn(-c7ccccc7)c6c45)n3)cc2)cc1. The quantitative estimate of drug-likeness (QED) is 0.166. The van der Waals surface area contributed by atoms with Crippen molar-refractivity contribution in [3.05, 3.63) is 206 Å². The van der Waals surface area contributed by atoms with E-state index >= 15 is 0 Å². The molecule has 55 heavy (non-hydrogen) atoms. The molecule has 8 aromatic carbocycles. The number of hydrogen-bond donors (Lipinski definition) is 0. The van der Waals surface area contributed by atoms with E-state index in [1.54, 1.807) is 0 Å². The summed E-state index contributed by atoms with van der Waals surface area (Å²) in [7, 11) is 0. The fourth-order valence-corrected chi connectivity index (χ4v) is 7.61. The molecule has 2 heterocycles. The molecule has 0 aliphatic heterocycles. The van der Waals surface area contributed by atoms with E-state index in [0.29, 0.717) is 5.82 Å². The van der Waals surface area contributed by atoms with E-state index in [4.69, 9.17) is 15.1 Å². The summed E-state index contributed by atoms with van der Waals surface area (Å²) in [6.07, 6.45) is 0. The molecule has 0 fully saturated rings. The molecule has 0 bridgehead atoms. The zero-order valence-corrected chi connectivity index (χ0v) is 29.9. The van der Waals surface area contributed by atoms with Gasteiger partial charge in [-0.3, -0.25) is 0 Å². The van der Waals surface area contributed by atoms with Gasteiger partial charge in [0.25, 0.3) is 0 Å². The molecule has 4 nitrogen and oxygen atoms in total. The number of rotatable bonds is 7. The molecular weight excluding hydrogens is 669 g/mol. The first-order valence-electron chi connectivity index (χ1n) is 18.5. The number of hydrogen-bond acceptors (Lipinski definition) is 3. The van der Waals surface area contributed by atoms with Crippen LogP contribution in [0, 0.1) is 0 Å². The summed E-state index contributed by atoms with van der Waals surface area (Å²) < 4.78 is 2.12. The predicted molar refractivity (Wildman–Crippen MR) is 227 cm³/mol. The molecule has 0 unspecified atom stereocenters. The normalized spacial score (nSPS) is 11.3. The molecule has 0 saturated carbocycles.